The number of halogens is 3. The molecule has 7 nitrogen and oxygen atoms in total. The average Bonchev–Trinajstić information content (AvgIpc) is 2.88. The zero-order valence-electron chi connectivity index (χ0n) is 21.5. The first-order valence-corrected chi connectivity index (χ1v) is 12.8. The van der Waals surface area contributed by atoms with Gasteiger partial charge in [-0.25, -0.2) is 0 Å². The second-order valence-electron chi connectivity index (χ2n) is 9.86. The molecule has 4 aromatic carbocycles. The van der Waals surface area contributed by atoms with Gasteiger partial charge in [0.25, 0.3) is 0 Å². The van der Waals surface area contributed by atoms with Gasteiger partial charge in [0.15, 0.2) is 0 Å². The van der Waals surface area contributed by atoms with Crippen LogP contribution < -0.4 is 9.47 Å². The molecule has 202 valence electrons. The van der Waals surface area contributed by atoms with E-state index in [-0.39, 0.29) is 65.7 Å². The minimum absolute atomic E-state index is 0.00182. The maximum Gasteiger partial charge on any atom is 0.201 e. The molecule has 0 fully saturated rings. The van der Waals surface area contributed by atoms with Crippen molar-refractivity contribution in [3.8, 4) is 45.6 Å². The molecule has 0 aromatic heterocycles. The summed E-state index contributed by atoms with van der Waals surface area (Å²) in [6.45, 7) is 5.26. The van der Waals surface area contributed by atoms with Gasteiger partial charge in [-0.05, 0) is 41.8 Å². The second-order valence-corrected chi connectivity index (χ2v) is 11.0. The number of carbonyl (C=O) groups is 1. The summed E-state index contributed by atoms with van der Waals surface area (Å²) in [6.07, 6.45) is 0. The van der Waals surface area contributed by atoms with E-state index in [4.69, 9.17) is 44.3 Å². The van der Waals surface area contributed by atoms with Gasteiger partial charge in [-0.15, -0.1) is 0 Å². The van der Waals surface area contributed by atoms with E-state index >= 15 is 0 Å². The quantitative estimate of drug-likeness (QED) is 0.196. The molecular formula is C29H23Cl3O7. The standard InChI is InChI=1S/C29H23Cl3O7/c1-10-19(15(33)9-16(34)23(10)30)11-7-17(38-4)24(31)12-6-13-21(26(35)20(11)12)27(36)22-14(29(13,2)3)8-18(39-5)25(32)28(22)37/h6-9,33-35,37H,1-5H3. The molecule has 0 saturated carbocycles. The van der Waals surface area contributed by atoms with Gasteiger partial charge in [-0.1, -0.05) is 48.7 Å². The average molecular weight is 590 g/mol. The van der Waals surface area contributed by atoms with Crippen molar-refractivity contribution < 1.29 is 34.7 Å². The minimum Gasteiger partial charge on any atom is -0.507 e. The van der Waals surface area contributed by atoms with Crippen LogP contribution in [0, 0.1) is 6.92 Å². The van der Waals surface area contributed by atoms with Crippen molar-refractivity contribution in [2.75, 3.05) is 14.2 Å². The number of phenols is 4. The van der Waals surface area contributed by atoms with Gasteiger partial charge in [0.1, 0.15) is 39.5 Å². The van der Waals surface area contributed by atoms with Gasteiger partial charge >= 0.3 is 0 Å². The van der Waals surface area contributed by atoms with Crippen molar-refractivity contribution in [1.29, 1.82) is 0 Å². The largest absolute Gasteiger partial charge is 0.507 e. The number of phenolic OH excluding ortho intramolecular Hbond substituents is 4. The molecule has 0 heterocycles. The number of ketones is 1. The fourth-order valence-electron chi connectivity index (χ4n) is 5.44. The van der Waals surface area contributed by atoms with Crippen LogP contribution in [-0.2, 0) is 5.41 Å². The molecule has 1 aliphatic carbocycles. The molecule has 0 radical (unpaired) electrons. The number of hydrogen-bond acceptors (Lipinski definition) is 7. The summed E-state index contributed by atoms with van der Waals surface area (Å²) in [5.41, 5.74) is 0.650. The summed E-state index contributed by atoms with van der Waals surface area (Å²) in [5, 5.41) is 44.2. The fraction of sp³-hybridized carbons (Fsp3) is 0.207. The summed E-state index contributed by atoms with van der Waals surface area (Å²) in [7, 11) is 2.83. The Labute approximate surface area is 238 Å². The van der Waals surface area contributed by atoms with Gasteiger partial charge in [0, 0.05) is 33.4 Å². The summed E-state index contributed by atoms with van der Waals surface area (Å²) < 4.78 is 10.8. The van der Waals surface area contributed by atoms with Crippen LogP contribution in [0.2, 0.25) is 15.1 Å². The monoisotopic (exact) mass is 588 g/mol. The zero-order valence-corrected chi connectivity index (χ0v) is 23.7. The van der Waals surface area contributed by atoms with Gasteiger partial charge in [-0.2, -0.15) is 0 Å². The van der Waals surface area contributed by atoms with Crippen molar-refractivity contribution in [3.05, 3.63) is 67.2 Å². The SMILES string of the molecule is COc1cc2c(c(O)c1Cl)C(=O)c1c(cc3c(Cl)c(OC)cc(-c4c(O)cc(O)c(Cl)c4C)c3c1O)C2(C)C. The zero-order chi connectivity index (χ0) is 28.7. The summed E-state index contributed by atoms with van der Waals surface area (Å²) >= 11 is 19.3. The van der Waals surface area contributed by atoms with E-state index in [0.717, 1.165) is 6.07 Å². The molecular weight excluding hydrogens is 567 g/mol. The lowest BCUT2D eigenvalue weighted by Crippen LogP contribution is -2.31. The van der Waals surface area contributed by atoms with E-state index in [0.29, 0.717) is 22.1 Å². The Morgan fingerprint density at radius 3 is 1.90 bits per heavy atom. The lowest BCUT2D eigenvalue weighted by molar-refractivity contribution is 0.102. The Morgan fingerprint density at radius 2 is 1.28 bits per heavy atom. The van der Waals surface area contributed by atoms with Crippen LogP contribution in [0.15, 0.2) is 24.3 Å². The molecule has 1 aliphatic rings. The summed E-state index contributed by atoms with van der Waals surface area (Å²) in [4.78, 5) is 13.9. The van der Waals surface area contributed by atoms with E-state index in [1.165, 1.54) is 20.3 Å². The first-order chi connectivity index (χ1) is 18.3. The Bertz CT molecular complexity index is 1760. The lowest BCUT2D eigenvalue weighted by Gasteiger charge is -2.36. The summed E-state index contributed by atoms with van der Waals surface area (Å²) in [6, 6.07) is 5.88. The molecule has 0 spiro atoms. The Hall–Kier alpha value is -3.52. The van der Waals surface area contributed by atoms with Gasteiger partial charge in [-0.3, -0.25) is 4.79 Å². The number of fused-ring (bicyclic) bond motifs is 3. The van der Waals surface area contributed by atoms with E-state index in [1.54, 1.807) is 19.1 Å². The number of ether oxygens (including phenoxy) is 2. The van der Waals surface area contributed by atoms with Crippen LogP contribution in [0.25, 0.3) is 21.9 Å². The highest BCUT2D eigenvalue weighted by Crippen LogP contribution is 2.55. The van der Waals surface area contributed by atoms with Crippen LogP contribution in [0.4, 0.5) is 0 Å². The predicted octanol–water partition coefficient (Wildman–Crippen LogP) is 7.49. The fourth-order valence-corrected chi connectivity index (χ4v) is 6.10. The number of methoxy groups -OCH3 is 2. The molecule has 0 bridgehead atoms. The normalized spacial score (nSPS) is 13.8. The third-order valence-corrected chi connectivity index (χ3v) is 8.71. The smallest absolute Gasteiger partial charge is 0.201 e. The molecule has 0 amide bonds. The Morgan fingerprint density at radius 1 is 0.718 bits per heavy atom. The number of benzene rings is 4. The molecule has 0 saturated heterocycles. The highest BCUT2D eigenvalue weighted by molar-refractivity contribution is 6.39. The Kier molecular flexibility index (Phi) is 6.25. The van der Waals surface area contributed by atoms with E-state index in [9.17, 15) is 25.2 Å². The third-order valence-electron chi connectivity index (χ3n) is 7.47. The Balaban J connectivity index is 1.97. The predicted molar refractivity (Wildman–Crippen MR) is 151 cm³/mol. The molecule has 4 N–H and O–H groups in total. The minimum atomic E-state index is -0.925. The van der Waals surface area contributed by atoms with Crippen LogP contribution in [0.1, 0.15) is 46.5 Å². The maximum atomic E-state index is 13.9. The van der Waals surface area contributed by atoms with E-state index in [2.05, 4.69) is 0 Å². The number of rotatable bonds is 3. The molecule has 0 unspecified atom stereocenters. The molecule has 0 aliphatic heterocycles. The second kappa shape index (κ2) is 9.01. The molecule has 4 aromatic rings. The number of carbonyl (C=O) groups excluding carboxylic acids is 1. The lowest BCUT2D eigenvalue weighted by atomic mass is 9.67. The first-order valence-electron chi connectivity index (χ1n) is 11.7. The highest BCUT2D eigenvalue weighted by atomic mass is 35.5. The van der Waals surface area contributed by atoms with Gasteiger partial charge in [0.2, 0.25) is 5.78 Å². The van der Waals surface area contributed by atoms with E-state index < -0.39 is 22.7 Å². The van der Waals surface area contributed by atoms with Gasteiger partial charge < -0.3 is 29.9 Å². The number of hydrogen-bond donors (Lipinski definition) is 4. The first kappa shape index (κ1) is 27.1. The highest BCUT2D eigenvalue weighted by Gasteiger charge is 2.43. The molecule has 0 atom stereocenters. The number of aromatic hydroxyl groups is 4. The van der Waals surface area contributed by atoms with Crippen molar-refractivity contribution in [3.63, 3.8) is 0 Å². The van der Waals surface area contributed by atoms with Gasteiger partial charge in [0.05, 0.1) is 35.4 Å². The molecule has 39 heavy (non-hydrogen) atoms. The van der Waals surface area contributed by atoms with Crippen LogP contribution in [-0.4, -0.2) is 40.4 Å². The maximum absolute atomic E-state index is 13.9. The van der Waals surface area contributed by atoms with Crippen LogP contribution >= 0.6 is 34.8 Å². The van der Waals surface area contributed by atoms with Crippen LogP contribution in [0.3, 0.4) is 0 Å². The topological polar surface area (TPSA) is 116 Å². The summed E-state index contributed by atoms with van der Waals surface area (Å²) in [5.74, 6) is -1.72. The van der Waals surface area contributed by atoms with Crippen molar-refractivity contribution in [2.24, 2.45) is 0 Å². The molecule has 5 rings (SSSR count). The molecule has 10 heteroatoms. The van der Waals surface area contributed by atoms with Crippen molar-refractivity contribution in [2.45, 2.75) is 26.2 Å². The third kappa shape index (κ3) is 3.60. The van der Waals surface area contributed by atoms with E-state index in [1.807, 2.05) is 13.8 Å². The van der Waals surface area contributed by atoms with Crippen LogP contribution in [0.5, 0.6) is 34.5 Å². The van der Waals surface area contributed by atoms with Crippen molar-refractivity contribution in [1.82, 2.24) is 0 Å². The van der Waals surface area contributed by atoms with Crippen molar-refractivity contribution >= 4 is 51.4 Å².